The molecular formula is C20H25NO3. The molecular weight excluding hydrogens is 302 g/mol. The van der Waals surface area contributed by atoms with Crippen LogP contribution in [0.2, 0.25) is 0 Å². The van der Waals surface area contributed by atoms with E-state index in [1.165, 1.54) is 0 Å². The first-order valence-electron chi connectivity index (χ1n) is 8.29. The maximum Gasteiger partial charge on any atom is 0.177 e. The molecule has 0 aliphatic carbocycles. The molecule has 128 valence electrons. The summed E-state index contributed by atoms with van der Waals surface area (Å²) < 4.78 is 0. The Labute approximate surface area is 143 Å². The molecule has 0 aliphatic heterocycles. The fraction of sp³-hybridized carbons (Fsp3) is 0.350. The smallest absolute Gasteiger partial charge is 0.177 e. The number of aliphatic hydroxyl groups is 2. The zero-order chi connectivity index (χ0) is 17.5. The fourth-order valence-corrected chi connectivity index (χ4v) is 2.80. The van der Waals surface area contributed by atoms with Crippen LogP contribution in [0.4, 0.5) is 0 Å². The molecule has 24 heavy (non-hydrogen) atoms. The van der Waals surface area contributed by atoms with Gasteiger partial charge in [-0.3, -0.25) is 10.1 Å². The third kappa shape index (κ3) is 4.51. The van der Waals surface area contributed by atoms with E-state index in [1.807, 2.05) is 37.3 Å². The van der Waals surface area contributed by atoms with E-state index in [0.717, 1.165) is 23.1 Å². The van der Waals surface area contributed by atoms with Gasteiger partial charge >= 0.3 is 0 Å². The SMILES string of the molecule is CCC(N[C@H](C(=O)CO)[C@@H](C)O)c1ccc(-c2ccccc2)cc1. The highest BCUT2D eigenvalue weighted by Gasteiger charge is 2.25. The highest BCUT2D eigenvalue weighted by Crippen LogP contribution is 2.23. The Balaban J connectivity index is 2.17. The lowest BCUT2D eigenvalue weighted by Crippen LogP contribution is -2.47. The van der Waals surface area contributed by atoms with Crippen LogP contribution in [0.5, 0.6) is 0 Å². The third-order valence-electron chi connectivity index (χ3n) is 4.19. The van der Waals surface area contributed by atoms with Crippen molar-refractivity contribution in [2.24, 2.45) is 0 Å². The monoisotopic (exact) mass is 327 g/mol. The quantitative estimate of drug-likeness (QED) is 0.697. The van der Waals surface area contributed by atoms with Crippen molar-refractivity contribution in [3.05, 3.63) is 60.2 Å². The number of nitrogens with one attached hydrogen (secondary N) is 1. The first-order chi connectivity index (χ1) is 11.6. The van der Waals surface area contributed by atoms with E-state index in [-0.39, 0.29) is 6.04 Å². The Kier molecular flexibility index (Phi) is 6.67. The predicted molar refractivity (Wildman–Crippen MR) is 95.6 cm³/mol. The molecule has 3 atom stereocenters. The Morgan fingerprint density at radius 3 is 2.12 bits per heavy atom. The van der Waals surface area contributed by atoms with E-state index in [1.54, 1.807) is 6.92 Å². The van der Waals surface area contributed by atoms with E-state index in [9.17, 15) is 9.90 Å². The third-order valence-corrected chi connectivity index (χ3v) is 4.19. The van der Waals surface area contributed by atoms with Crippen LogP contribution in [0, 0.1) is 0 Å². The van der Waals surface area contributed by atoms with Crippen LogP contribution in [0.3, 0.4) is 0 Å². The van der Waals surface area contributed by atoms with Crippen LogP contribution in [0.25, 0.3) is 11.1 Å². The van der Waals surface area contributed by atoms with Gasteiger partial charge in [-0.2, -0.15) is 0 Å². The lowest BCUT2D eigenvalue weighted by molar-refractivity contribution is -0.126. The summed E-state index contributed by atoms with van der Waals surface area (Å²) in [5.74, 6) is -0.399. The summed E-state index contributed by atoms with van der Waals surface area (Å²) in [4.78, 5) is 11.8. The normalized spacial score (nSPS) is 14.8. The number of rotatable bonds is 8. The van der Waals surface area contributed by atoms with Crippen LogP contribution in [0.1, 0.15) is 31.9 Å². The van der Waals surface area contributed by atoms with Crippen LogP contribution in [-0.4, -0.2) is 34.7 Å². The minimum absolute atomic E-state index is 0.0649. The van der Waals surface area contributed by atoms with Gasteiger partial charge in [0.25, 0.3) is 0 Å². The van der Waals surface area contributed by atoms with Gasteiger partial charge in [0.05, 0.1) is 12.1 Å². The molecule has 4 heteroatoms. The molecule has 0 fully saturated rings. The lowest BCUT2D eigenvalue weighted by atomic mass is 9.97. The minimum atomic E-state index is -0.859. The molecule has 0 bridgehead atoms. The van der Waals surface area contributed by atoms with E-state index >= 15 is 0 Å². The van der Waals surface area contributed by atoms with Crippen LogP contribution < -0.4 is 5.32 Å². The van der Waals surface area contributed by atoms with Gasteiger partial charge in [-0.15, -0.1) is 0 Å². The average molecular weight is 327 g/mol. The van der Waals surface area contributed by atoms with Gasteiger partial charge in [-0.05, 0) is 30.0 Å². The Morgan fingerprint density at radius 1 is 1.04 bits per heavy atom. The van der Waals surface area contributed by atoms with E-state index in [4.69, 9.17) is 5.11 Å². The summed E-state index contributed by atoms with van der Waals surface area (Å²) in [7, 11) is 0. The van der Waals surface area contributed by atoms with Crippen molar-refractivity contribution in [2.75, 3.05) is 6.61 Å². The van der Waals surface area contributed by atoms with Crippen molar-refractivity contribution >= 4 is 5.78 Å². The Hall–Kier alpha value is -2.01. The lowest BCUT2D eigenvalue weighted by Gasteiger charge is -2.26. The summed E-state index contributed by atoms with van der Waals surface area (Å²) in [6.07, 6.45) is -0.0885. The maximum atomic E-state index is 11.8. The molecule has 0 heterocycles. The Bertz CT molecular complexity index is 638. The van der Waals surface area contributed by atoms with Gasteiger partial charge in [-0.25, -0.2) is 0 Å². The van der Waals surface area contributed by atoms with Crippen molar-refractivity contribution in [1.82, 2.24) is 5.32 Å². The summed E-state index contributed by atoms with van der Waals surface area (Å²) in [6, 6.07) is 17.5. The molecule has 0 spiro atoms. The second-order valence-corrected chi connectivity index (χ2v) is 5.96. The highest BCUT2D eigenvalue weighted by atomic mass is 16.3. The standard InChI is InChI=1S/C20H25NO3/c1-3-18(21-20(14(2)23)19(24)13-22)17-11-9-16(10-12-17)15-7-5-4-6-8-15/h4-12,14,18,20-23H,3,13H2,1-2H3/t14-,18?,20+/m1/s1. The number of carbonyl (C=O) groups is 1. The van der Waals surface area contributed by atoms with Gasteiger partial charge in [0.1, 0.15) is 6.61 Å². The average Bonchev–Trinajstić information content (AvgIpc) is 2.63. The number of ketones is 1. The zero-order valence-corrected chi connectivity index (χ0v) is 14.1. The number of Topliss-reactive ketones (excluding diaryl/α,β-unsaturated/α-hetero) is 1. The molecule has 0 saturated heterocycles. The first-order valence-corrected chi connectivity index (χ1v) is 8.29. The topological polar surface area (TPSA) is 69.6 Å². The molecule has 0 aromatic heterocycles. The fourth-order valence-electron chi connectivity index (χ4n) is 2.80. The molecule has 4 nitrogen and oxygen atoms in total. The van der Waals surface area contributed by atoms with Crippen molar-refractivity contribution in [1.29, 1.82) is 0 Å². The number of aliphatic hydroxyl groups excluding tert-OH is 2. The molecule has 2 aromatic rings. The summed E-state index contributed by atoms with van der Waals surface area (Å²) >= 11 is 0. The number of hydrogen-bond acceptors (Lipinski definition) is 4. The number of carbonyl (C=O) groups excluding carboxylic acids is 1. The zero-order valence-electron chi connectivity index (χ0n) is 14.1. The van der Waals surface area contributed by atoms with Gasteiger partial charge < -0.3 is 10.2 Å². The van der Waals surface area contributed by atoms with Crippen LogP contribution in [0.15, 0.2) is 54.6 Å². The minimum Gasteiger partial charge on any atom is -0.391 e. The second kappa shape index (κ2) is 8.73. The summed E-state index contributed by atoms with van der Waals surface area (Å²) in [5, 5.41) is 22.0. The van der Waals surface area contributed by atoms with E-state index in [2.05, 4.69) is 29.6 Å². The summed E-state index contributed by atoms with van der Waals surface area (Å²) in [5.41, 5.74) is 3.34. The van der Waals surface area contributed by atoms with Gasteiger partial charge in [0.15, 0.2) is 5.78 Å². The molecule has 0 aliphatic rings. The van der Waals surface area contributed by atoms with Crippen LogP contribution in [-0.2, 0) is 4.79 Å². The summed E-state index contributed by atoms with van der Waals surface area (Å²) in [6.45, 7) is 2.99. The second-order valence-electron chi connectivity index (χ2n) is 5.96. The van der Waals surface area contributed by atoms with Crippen molar-refractivity contribution in [3.8, 4) is 11.1 Å². The largest absolute Gasteiger partial charge is 0.391 e. The van der Waals surface area contributed by atoms with Crippen molar-refractivity contribution in [3.63, 3.8) is 0 Å². The van der Waals surface area contributed by atoms with Crippen LogP contribution >= 0.6 is 0 Å². The molecule has 0 saturated carbocycles. The predicted octanol–water partition coefficient (Wildman–Crippen LogP) is 2.71. The molecule has 2 aromatic carbocycles. The number of benzene rings is 2. The van der Waals surface area contributed by atoms with Gasteiger partial charge in [-0.1, -0.05) is 61.5 Å². The Morgan fingerprint density at radius 2 is 1.62 bits per heavy atom. The van der Waals surface area contributed by atoms with Gasteiger partial charge in [0.2, 0.25) is 0 Å². The number of hydrogen-bond donors (Lipinski definition) is 3. The van der Waals surface area contributed by atoms with Crippen molar-refractivity contribution < 1.29 is 15.0 Å². The van der Waals surface area contributed by atoms with Crippen molar-refractivity contribution in [2.45, 2.75) is 38.5 Å². The van der Waals surface area contributed by atoms with E-state index < -0.39 is 24.5 Å². The molecule has 1 unspecified atom stereocenters. The molecule has 3 N–H and O–H groups in total. The van der Waals surface area contributed by atoms with E-state index in [0.29, 0.717) is 0 Å². The molecule has 2 rings (SSSR count). The molecule has 0 radical (unpaired) electrons. The first kappa shape index (κ1) is 18.3. The highest BCUT2D eigenvalue weighted by molar-refractivity contribution is 5.85. The molecule has 0 amide bonds. The maximum absolute atomic E-state index is 11.8. The van der Waals surface area contributed by atoms with Gasteiger partial charge in [0, 0.05) is 6.04 Å².